The zero-order valence-corrected chi connectivity index (χ0v) is 10.3. The van der Waals surface area contributed by atoms with Crippen LogP contribution in [0.3, 0.4) is 0 Å². The molecule has 0 fully saturated rings. The highest BCUT2D eigenvalue weighted by atomic mass is 32.2. The number of hydrogen-bond donors (Lipinski definition) is 0. The molecule has 0 atom stereocenters. The number of aromatic nitrogens is 3. The molecule has 0 aliphatic carbocycles. The minimum absolute atomic E-state index is 0.604. The molecule has 0 aromatic carbocycles. The van der Waals surface area contributed by atoms with Gasteiger partial charge in [0.05, 0.1) is 11.6 Å². The zero-order valence-electron chi connectivity index (χ0n) is 9.51. The van der Waals surface area contributed by atoms with E-state index in [0.717, 1.165) is 16.3 Å². The Bertz CT molecular complexity index is 572. The summed E-state index contributed by atoms with van der Waals surface area (Å²) >= 11 is 1.36. The molecule has 0 saturated heterocycles. The highest BCUT2D eigenvalue weighted by Gasteiger charge is 2.04. The second-order valence-electron chi connectivity index (χ2n) is 3.59. The summed E-state index contributed by atoms with van der Waals surface area (Å²) in [6.45, 7) is 3.80. The van der Waals surface area contributed by atoms with Crippen molar-refractivity contribution in [2.24, 2.45) is 0 Å². The van der Waals surface area contributed by atoms with E-state index < -0.39 is 0 Å². The fraction of sp³-hybridized carbons (Fsp3) is 0.167. The minimum atomic E-state index is 0.604. The van der Waals surface area contributed by atoms with Gasteiger partial charge >= 0.3 is 0 Å². The Morgan fingerprint density at radius 1 is 1.18 bits per heavy atom. The van der Waals surface area contributed by atoms with E-state index in [4.69, 9.17) is 5.26 Å². The van der Waals surface area contributed by atoms with E-state index in [1.54, 1.807) is 24.5 Å². The maximum atomic E-state index is 8.87. The van der Waals surface area contributed by atoms with Gasteiger partial charge < -0.3 is 0 Å². The van der Waals surface area contributed by atoms with Crippen molar-refractivity contribution in [3.8, 4) is 6.07 Å². The predicted molar refractivity (Wildman–Crippen MR) is 64.6 cm³/mol. The van der Waals surface area contributed by atoms with Crippen LogP contribution in [0.25, 0.3) is 0 Å². The standard InChI is InChI=1S/C12H10N4S/c1-8-6-14-12(15-7-8)17-11-4-10(5-13)3-9(2)16-11/h3-4,6-7H,1-2H3. The lowest BCUT2D eigenvalue weighted by Gasteiger charge is -2.01. The average molecular weight is 242 g/mol. The Labute approximate surface area is 104 Å². The van der Waals surface area contributed by atoms with Crippen LogP contribution in [0.4, 0.5) is 0 Å². The number of nitriles is 1. The Morgan fingerprint density at radius 2 is 1.88 bits per heavy atom. The summed E-state index contributed by atoms with van der Waals surface area (Å²) in [7, 11) is 0. The van der Waals surface area contributed by atoms with Crippen molar-refractivity contribution >= 4 is 11.8 Å². The smallest absolute Gasteiger partial charge is 0.193 e. The van der Waals surface area contributed by atoms with Crippen molar-refractivity contribution in [2.45, 2.75) is 24.0 Å². The molecule has 0 amide bonds. The molecular weight excluding hydrogens is 232 g/mol. The van der Waals surface area contributed by atoms with Crippen molar-refractivity contribution < 1.29 is 0 Å². The highest BCUT2D eigenvalue weighted by molar-refractivity contribution is 7.99. The monoisotopic (exact) mass is 242 g/mol. The van der Waals surface area contributed by atoms with Gasteiger partial charge in [-0.05, 0) is 43.3 Å². The number of nitrogens with zero attached hydrogens (tertiary/aromatic N) is 4. The largest absolute Gasteiger partial charge is 0.246 e. The van der Waals surface area contributed by atoms with Crippen molar-refractivity contribution in [3.05, 3.63) is 41.3 Å². The van der Waals surface area contributed by atoms with Crippen LogP contribution in [0.2, 0.25) is 0 Å². The van der Waals surface area contributed by atoms with Crippen LogP contribution in [0.15, 0.2) is 34.7 Å². The number of aryl methyl sites for hydroxylation is 2. The Morgan fingerprint density at radius 3 is 2.53 bits per heavy atom. The molecule has 0 radical (unpaired) electrons. The number of pyridine rings is 1. The molecular formula is C12H10N4S. The third-order valence-corrected chi connectivity index (χ3v) is 2.82. The summed E-state index contributed by atoms with van der Waals surface area (Å²) in [5.41, 5.74) is 2.44. The molecule has 4 nitrogen and oxygen atoms in total. The topological polar surface area (TPSA) is 62.5 Å². The second kappa shape index (κ2) is 4.93. The van der Waals surface area contributed by atoms with Gasteiger partial charge in [-0.3, -0.25) is 0 Å². The Kier molecular flexibility index (Phi) is 3.35. The third-order valence-electron chi connectivity index (χ3n) is 2.01. The van der Waals surface area contributed by atoms with Crippen LogP contribution in [0.1, 0.15) is 16.8 Å². The van der Waals surface area contributed by atoms with Gasteiger partial charge in [0.1, 0.15) is 5.03 Å². The van der Waals surface area contributed by atoms with Crippen molar-refractivity contribution in [3.63, 3.8) is 0 Å². The first kappa shape index (κ1) is 11.6. The number of hydrogen-bond acceptors (Lipinski definition) is 5. The molecule has 2 heterocycles. The molecule has 5 heteroatoms. The van der Waals surface area contributed by atoms with Gasteiger partial charge in [-0.1, -0.05) is 0 Å². The first-order chi connectivity index (χ1) is 8.17. The Hall–Kier alpha value is -1.93. The quantitative estimate of drug-likeness (QED) is 0.757. The summed E-state index contributed by atoms with van der Waals surface area (Å²) in [4.78, 5) is 12.7. The highest BCUT2D eigenvalue weighted by Crippen LogP contribution is 2.23. The molecule has 17 heavy (non-hydrogen) atoms. The van der Waals surface area contributed by atoms with Crippen LogP contribution in [0, 0.1) is 25.2 Å². The molecule has 2 aromatic rings. The minimum Gasteiger partial charge on any atom is -0.246 e. The molecule has 0 unspecified atom stereocenters. The molecule has 2 rings (SSSR count). The lowest BCUT2D eigenvalue weighted by molar-refractivity contribution is 0.941. The zero-order chi connectivity index (χ0) is 12.3. The molecule has 0 aliphatic rings. The van der Waals surface area contributed by atoms with Gasteiger partial charge in [-0.25, -0.2) is 15.0 Å². The maximum absolute atomic E-state index is 8.87. The van der Waals surface area contributed by atoms with Gasteiger partial charge in [0.2, 0.25) is 0 Å². The first-order valence-corrected chi connectivity index (χ1v) is 5.84. The fourth-order valence-corrected chi connectivity index (χ4v) is 2.06. The summed E-state index contributed by atoms with van der Waals surface area (Å²) < 4.78 is 0. The van der Waals surface area contributed by atoms with E-state index in [9.17, 15) is 0 Å². The van der Waals surface area contributed by atoms with E-state index >= 15 is 0 Å². The summed E-state index contributed by atoms with van der Waals surface area (Å²) in [6, 6.07) is 5.60. The molecule has 0 saturated carbocycles. The summed E-state index contributed by atoms with van der Waals surface area (Å²) in [6.07, 6.45) is 3.52. The molecule has 2 aromatic heterocycles. The van der Waals surface area contributed by atoms with Crippen LogP contribution in [0.5, 0.6) is 0 Å². The molecule has 0 bridgehead atoms. The van der Waals surface area contributed by atoms with Crippen LogP contribution < -0.4 is 0 Å². The molecule has 0 aliphatic heterocycles. The van der Waals surface area contributed by atoms with E-state index in [2.05, 4.69) is 21.0 Å². The molecule has 0 N–H and O–H groups in total. The summed E-state index contributed by atoms with van der Waals surface area (Å²) in [5, 5.41) is 10.2. The van der Waals surface area contributed by atoms with Crippen LogP contribution in [-0.2, 0) is 0 Å². The van der Waals surface area contributed by atoms with Crippen molar-refractivity contribution in [1.29, 1.82) is 5.26 Å². The van der Waals surface area contributed by atoms with E-state index in [1.165, 1.54) is 11.8 Å². The SMILES string of the molecule is Cc1cnc(Sc2cc(C#N)cc(C)n2)nc1. The lowest BCUT2D eigenvalue weighted by atomic mass is 10.2. The van der Waals surface area contributed by atoms with Gasteiger partial charge in [0.25, 0.3) is 0 Å². The van der Waals surface area contributed by atoms with Gasteiger partial charge in [0, 0.05) is 18.1 Å². The maximum Gasteiger partial charge on any atom is 0.193 e. The van der Waals surface area contributed by atoms with Crippen molar-refractivity contribution in [1.82, 2.24) is 15.0 Å². The van der Waals surface area contributed by atoms with Crippen molar-refractivity contribution in [2.75, 3.05) is 0 Å². The normalized spacial score (nSPS) is 9.94. The lowest BCUT2D eigenvalue weighted by Crippen LogP contribution is -1.90. The van der Waals surface area contributed by atoms with Gasteiger partial charge in [-0.2, -0.15) is 5.26 Å². The fourth-order valence-electron chi connectivity index (χ4n) is 1.28. The Balaban J connectivity index is 2.27. The van der Waals surface area contributed by atoms with Gasteiger partial charge in [0.15, 0.2) is 5.16 Å². The van der Waals surface area contributed by atoms with Crippen LogP contribution in [-0.4, -0.2) is 15.0 Å². The van der Waals surface area contributed by atoms with Gasteiger partial charge in [-0.15, -0.1) is 0 Å². The molecule has 84 valence electrons. The predicted octanol–water partition coefficient (Wildman–Crippen LogP) is 2.51. The third kappa shape index (κ3) is 3.02. The first-order valence-electron chi connectivity index (χ1n) is 5.02. The van der Waals surface area contributed by atoms with E-state index in [1.807, 2.05) is 13.8 Å². The van der Waals surface area contributed by atoms with Crippen LogP contribution >= 0.6 is 11.8 Å². The summed E-state index contributed by atoms with van der Waals surface area (Å²) in [5.74, 6) is 0. The average Bonchev–Trinajstić information content (AvgIpc) is 2.31. The van der Waals surface area contributed by atoms with E-state index in [-0.39, 0.29) is 0 Å². The number of rotatable bonds is 2. The van der Waals surface area contributed by atoms with E-state index in [0.29, 0.717) is 10.7 Å². The molecule has 0 spiro atoms. The second-order valence-corrected chi connectivity index (χ2v) is 4.58.